The molecule has 3 N–H and O–H groups in total. The number of benzene rings is 3. The Kier molecular flexibility index (Phi) is 8.86. The molecule has 12 heteroatoms. The summed E-state index contributed by atoms with van der Waals surface area (Å²) in [5.74, 6) is -1.25. The van der Waals surface area contributed by atoms with Crippen molar-refractivity contribution in [1.82, 2.24) is 9.99 Å². The second-order valence-electron chi connectivity index (χ2n) is 8.29. The molecule has 9 nitrogen and oxygen atoms in total. The highest BCUT2D eigenvalue weighted by molar-refractivity contribution is 6.42. The fourth-order valence-electron chi connectivity index (χ4n) is 3.83. The first-order valence-electron chi connectivity index (χ1n) is 11.6. The SMILES string of the molecule is COc1ccc(CCNC(=O)C(=O)Nn2c(C(=O)Nc3ccc(Cl)c(Cl)c3)cc3cc(Cl)ccc32)cc1OC. The third-order valence-corrected chi connectivity index (χ3v) is 6.71. The maximum Gasteiger partial charge on any atom is 0.328 e. The topological polar surface area (TPSA) is 111 Å². The smallest absolute Gasteiger partial charge is 0.328 e. The molecule has 0 bridgehead atoms. The predicted octanol–water partition coefficient (Wildman–Crippen LogP) is 5.30. The average Bonchev–Trinajstić information content (AvgIpc) is 3.27. The van der Waals surface area contributed by atoms with Crippen LogP contribution in [0.5, 0.6) is 11.5 Å². The highest BCUT2D eigenvalue weighted by Crippen LogP contribution is 2.28. The van der Waals surface area contributed by atoms with Crippen molar-refractivity contribution in [3.8, 4) is 11.5 Å². The Hall–Kier alpha value is -3.92. The lowest BCUT2D eigenvalue weighted by atomic mass is 10.1. The van der Waals surface area contributed by atoms with Crippen molar-refractivity contribution in [2.24, 2.45) is 0 Å². The van der Waals surface area contributed by atoms with E-state index in [1.807, 2.05) is 6.07 Å². The zero-order valence-electron chi connectivity index (χ0n) is 20.8. The molecule has 0 aliphatic carbocycles. The first-order valence-corrected chi connectivity index (χ1v) is 12.7. The molecule has 4 aromatic rings. The predicted molar refractivity (Wildman–Crippen MR) is 152 cm³/mol. The first kappa shape index (κ1) is 28.1. The molecule has 1 heterocycles. The summed E-state index contributed by atoms with van der Waals surface area (Å²) >= 11 is 18.1. The molecule has 202 valence electrons. The molecule has 3 amide bonds. The van der Waals surface area contributed by atoms with E-state index in [1.165, 1.54) is 17.9 Å². The van der Waals surface area contributed by atoms with Gasteiger partial charge < -0.3 is 20.1 Å². The van der Waals surface area contributed by atoms with Gasteiger partial charge in [0.15, 0.2) is 11.5 Å². The highest BCUT2D eigenvalue weighted by atomic mass is 35.5. The lowest BCUT2D eigenvalue weighted by Gasteiger charge is -2.13. The fourth-order valence-corrected chi connectivity index (χ4v) is 4.31. The molecular weight excluding hydrogens is 567 g/mol. The number of hydrogen-bond donors (Lipinski definition) is 3. The van der Waals surface area contributed by atoms with Gasteiger partial charge in [-0.1, -0.05) is 40.9 Å². The van der Waals surface area contributed by atoms with Crippen LogP contribution in [-0.2, 0) is 16.0 Å². The molecular formula is C27H23Cl3N4O5. The van der Waals surface area contributed by atoms with Crippen molar-refractivity contribution < 1.29 is 23.9 Å². The van der Waals surface area contributed by atoms with Gasteiger partial charge >= 0.3 is 11.8 Å². The molecule has 0 saturated carbocycles. The minimum atomic E-state index is -0.960. The van der Waals surface area contributed by atoms with Crippen LogP contribution in [0.1, 0.15) is 16.1 Å². The van der Waals surface area contributed by atoms with Crippen molar-refractivity contribution in [2.45, 2.75) is 6.42 Å². The van der Waals surface area contributed by atoms with Crippen LogP contribution in [0.2, 0.25) is 15.1 Å². The van der Waals surface area contributed by atoms with E-state index in [0.29, 0.717) is 44.6 Å². The van der Waals surface area contributed by atoms with E-state index in [4.69, 9.17) is 44.3 Å². The number of rotatable bonds is 8. The number of halogens is 3. The standard InChI is InChI=1S/C27H23Cl3N4O5/c1-38-23-8-3-15(11-24(23)39-2)9-10-31-26(36)27(37)33-34-21-7-4-17(28)12-16(21)13-22(34)25(35)32-18-5-6-19(29)20(30)14-18/h3-8,11-14H,9-10H2,1-2H3,(H,31,36)(H,32,35)(H,33,37). The number of anilines is 1. The number of carbonyl (C=O) groups excluding carboxylic acids is 3. The van der Waals surface area contributed by atoms with E-state index in [-0.39, 0.29) is 17.3 Å². The number of nitrogens with one attached hydrogen (secondary N) is 3. The first-order chi connectivity index (χ1) is 18.7. The van der Waals surface area contributed by atoms with Crippen molar-refractivity contribution in [3.63, 3.8) is 0 Å². The third kappa shape index (κ3) is 6.57. The zero-order valence-corrected chi connectivity index (χ0v) is 23.1. The Balaban J connectivity index is 1.48. The maximum atomic E-state index is 13.2. The van der Waals surface area contributed by atoms with Crippen molar-refractivity contribution in [2.75, 3.05) is 31.5 Å². The van der Waals surface area contributed by atoms with Crippen LogP contribution in [-0.4, -0.2) is 43.2 Å². The van der Waals surface area contributed by atoms with Crippen LogP contribution in [0.15, 0.2) is 60.7 Å². The number of nitrogens with zero attached hydrogens (tertiary/aromatic N) is 1. The average molecular weight is 590 g/mol. The van der Waals surface area contributed by atoms with Gasteiger partial charge in [-0.05, 0) is 66.6 Å². The van der Waals surface area contributed by atoms with Crippen LogP contribution in [0, 0.1) is 0 Å². The van der Waals surface area contributed by atoms with Crippen LogP contribution in [0.3, 0.4) is 0 Å². The van der Waals surface area contributed by atoms with Gasteiger partial charge in [-0.3, -0.25) is 19.8 Å². The Morgan fingerprint density at radius 2 is 1.59 bits per heavy atom. The largest absolute Gasteiger partial charge is 0.493 e. The van der Waals surface area contributed by atoms with Crippen LogP contribution in [0.25, 0.3) is 10.9 Å². The normalized spacial score (nSPS) is 10.7. The van der Waals surface area contributed by atoms with Gasteiger partial charge in [0.1, 0.15) is 5.69 Å². The molecule has 0 spiro atoms. The van der Waals surface area contributed by atoms with E-state index in [0.717, 1.165) is 5.56 Å². The van der Waals surface area contributed by atoms with Crippen LogP contribution < -0.4 is 25.5 Å². The van der Waals surface area contributed by atoms with Gasteiger partial charge in [-0.2, -0.15) is 0 Å². The summed E-state index contributed by atoms with van der Waals surface area (Å²) in [6.07, 6.45) is 0.446. The number of carbonyl (C=O) groups is 3. The zero-order chi connectivity index (χ0) is 28.1. The molecule has 0 aliphatic heterocycles. The van der Waals surface area contributed by atoms with Crippen molar-refractivity contribution in [1.29, 1.82) is 0 Å². The van der Waals surface area contributed by atoms with Gasteiger partial charge in [-0.25, -0.2) is 4.68 Å². The second kappa shape index (κ2) is 12.3. The lowest BCUT2D eigenvalue weighted by Crippen LogP contribution is -2.40. The third-order valence-electron chi connectivity index (χ3n) is 5.74. The Bertz CT molecular complexity index is 1570. The van der Waals surface area contributed by atoms with E-state index in [1.54, 1.807) is 55.6 Å². The number of hydrogen-bond acceptors (Lipinski definition) is 5. The van der Waals surface area contributed by atoms with Gasteiger partial charge in [0.05, 0.1) is 29.8 Å². The minimum Gasteiger partial charge on any atom is -0.493 e. The number of amides is 3. The van der Waals surface area contributed by atoms with Crippen LogP contribution in [0.4, 0.5) is 5.69 Å². The van der Waals surface area contributed by atoms with Crippen molar-refractivity contribution in [3.05, 3.63) is 87.0 Å². The van der Waals surface area contributed by atoms with E-state index < -0.39 is 17.7 Å². The van der Waals surface area contributed by atoms with Gasteiger partial charge in [0, 0.05) is 22.6 Å². The Labute approximate surface area is 238 Å². The van der Waals surface area contributed by atoms with E-state index in [2.05, 4.69) is 16.1 Å². The summed E-state index contributed by atoms with van der Waals surface area (Å²) in [5.41, 5.74) is 4.29. The summed E-state index contributed by atoms with van der Waals surface area (Å²) in [6.45, 7) is 0.189. The monoisotopic (exact) mass is 588 g/mol. The molecule has 0 saturated heterocycles. The summed E-state index contributed by atoms with van der Waals surface area (Å²) in [6, 6.07) is 16.4. The molecule has 1 aromatic heterocycles. The number of ether oxygens (including phenoxy) is 2. The Morgan fingerprint density at radius 3 is 2.31 bits per heavy atom. The molecule has 3 aromatic carbocycles. The molecule has 0 fully saturated rings. The summed E-state index contributed by atoms with van der Waals surface area (Å²) in [5, 5.41) is 6.91. The summed E-state index contributed by atoms with van der Waals surface area (Å²) < 4.78 is 11.7. The van der Waals surface area contributed by atoms with Crippen LogP contribution >= 0.6 is 34.8 Å². The quantitative estimate of drug-likeness (QED) is 0.242. The van der Waals surface area contributed by atoms with E-state index in [9.17, 15) is 14.4 Å². The molecule has 0 aliphatic rings. The minimum absolute atomic E-state index is 0.0600. The van der Waals surface area contributed by atoms with E-state index >= 15 is 0 Å². The summed E-state index contributed by atoms with van der Waals surface area (Å²) in [7, 11) is 3.08. The van der Waals surface area contributed by atoms with Gasteiger partial charge in [-0.15, -0.1) is 0 Å². The molecule has 0 unspecified atom stereocenters. The van der Waals surface area contributed by atoms with Gasteiger partial charge in [0.25, 0.3) is 5.91 Å². The second-order valence-corrected chi connectivity index (χ2v) is 9.54. The molecule has 0 radical (unpaired) electrons. The maximum absolute atomic E-state index is 13.2. The van der Waals surface area contributed by atoms with Crippen molar-refractivity contribution >= 4 is 69.1 Å². The molecule has 39 heavy (non-hydrogen) atoms. The molecule has 0 atom stereocenters. The van der Waals surface area contributed by atoms with Gasteiger partial charge in [0.2, 0.25) is 0 Å². The number of aromatic nitrogens is 1. The molecule has 4 rings (SSSR count). The fraction of sp³-hybridized carbons (Fsp3) is 0.148. The Morgan fingerprint density at radius 1 is 0.821 bits per heavy atom. The number of methoxy groups -OCH3 is 2. The summed E-state index contributed by atoms with van der Waals surface area (Å²) in [4.78, 5) is 38.5. The number of fused-ring (bicyclic) bond motifs is 1. The lowest BCUT2D eigenvalue weighted by molar-refractivity contribution is -0.136. The highest BCUT2D eigenvalue weighted by Gasteiger charge is 2.21.